The van der Waals surface area contributed by atoms with Crippen LogP contribution >= 0.6 is 11.8 Å². The van der Waals surface area contributed by atoms with Crippen molar-refractivity contribution < 1.29 is 28.6 Å². The molecule has 0 N–H and O–H groups in total. The number of fused-ring (bicyclic) bond motifs is 2. The number of carbonyl (C=O) groups excluding carboxylic acids is 3. The van der Waals surface area contributed by atoms with E-state index in [1.54, 1.807) is 30.3 Å². The Kier molecular flexibility index (Phi) is 6.58. The summed E-state index contributed by atoms with van der Waals surface area (Å²) in [4.78, 5) is 37.4. The molecule has 1 aliphatic heterocycles. The molecule has 7 nitrogen and oxygen atoms in total. The second-order valence-corrected chi connectivity index (χ2v) is 7.52. The number of hydrogen-bond donors (Lipinski definition) is 0. The van der Waals surface area contributed by atoms with E-state index in [0.717, 1.165) is 9.79 Å². The van der Waals surface area contributed by atoms with Crippen LogP contribution in [-0.4, -0.2) is 31.6 Å². The number of rotatable bonds is 5. The van der Waals surface area contributed by atoms with Crippen molar-refractivity contribution in [2.75, 3.05) is 13.7 Å². The Morgan fingerprint density at radius 2 is 1.77 bits per heavy atom. The average Bonchev–Trinajstić information content (AvgIpc) is 2.77. The van der Waals surface area contributed by atoms with E-state index in [2.05, 4.69) is 6.58 Å². The van der Waals surface area contributed by atoms with E-state index in [0.29, 0.717) is 16.7 Å². The fraction of sp³-hybridized carbons (Fsp3) is 0.130. The quantitative estimate of drug-likeness (QED) is 0.259. The zero-order valence-corrected chi connectivity index (χ0v) is 17.6. The van der Waals surface area contributed by atoms with Gasteiger partial charge in [0.1, 0.15) is 17.4 Å². The highest BCUT2D eigenvalue weighted by atomic mass is 32.2. The highest BCUT2D eigenvalue weighted by Gasteiger charge is 2.28. The van der Waals surface area contributed by atoms with Crippen LogP contribution in [0.4, 0.5) is 0 Å². The molecule has 0 aliphatic carbocycles. The summed E-state index contributed by atoms with van der Waals surface area (Å²) >= 11 is 1.46. The van der Waals surface area contributed by atoms with Gasteiger partial charge in [-0.15, -0.1) is 0 Å². The Morgan fingerprint density at radius 3 is 2.45 bits per heavy atom. The molecule has 0 fully saturated rings. The first-order chi connectivity index (χ1) is 14.8. The number of esters is 3. The molecule has 0 saturated carbocycles. The Hall–Kier alpha value is -3.83. The first-order valence-electron chi connectivity index (χ1n) is 9.03. The molecule has 0 saturated heterocycles. The number of ether oxygens (including phenoxy) is 3. The first kappa shape index (κ1) is 21.9. The maximum atomic E-state index is 12.3. The van der Waals surface area contributed by atoms with Crippen LogP contribution in [0.25, 0.3) is 5.57 Å². The molecule has 3 rings (SSSR count). The molecule has 156 valence electrons. The fourth-order valence-corrected chi connectivity index (χ4v) is 3.94. The molecule has 0 radical (unpaired) electrons. The summed E-state index contributed by atoms with van der Waals surface area (Å²) in [6, 6.07) is 14.2. The normalized spacial score (nSPS) is 13.1. The lowest BCUT2D eigenvalue weighted by Crippen LogP contribution is -2.19. The van der Waals surface area contributed by atoms with Crippen LogP contribution < -0.4 is 4.74 Å². The summed E-state index contributed by atoms with van der Waals surface area (Å²) in [5.41, 5.74) is 1.65. The van der Waals surface area contributed by atoms with Gasteiger partial charge in [-0.25, -0.2) is 14.4 Å². The van der Waals surface area contributed by atoms with Crippen LogP contribution in [0.1, 0.15) is 18.1 Å². The lowest BCUT2D eigenvalue weighted by molar-refractivity contribution is -0.150. The molecule has 0 aromatic heterocycles. The maximum absolute atomic E-state index is 12.3. The Labute approximate surface area is 182 Å². The summed E-state index contributed by atoms with van der Waals surface area (Å²) in [5, 5.41) is 9.66. The number of nitrogens with zero attached hydrogens (tertiary/aromatic N) is 1. The molecule has 0 atom stereocenters. The van der Waals surface area contributed by atoms with E-state index in [1.807, 2.05) is 18.2 Å². The predicted octanol–water partition coefficient (Wildman–Crippen LogP) is 3.67. The van der Waals surface area contributed by atoms with E-state index in [1.165, 1.54) is 25.8 Å². The van der Waals surface area contributed by atoms with Crippen molar-refractivity contribution >= 4 is 35.2 Å². The van der Waals surface area contributed by atoms with Gasteiger partial charge in [0, 0.05) is 26.5 Å². The van der Waals surface area contributed by atoms with Crippen LogP contribution in [0.15, 0.2) is 70.0 Å². The molecule has 1 heterocycles. The molecule has 0 amide bonds. The number of benzene rings is 2. The van der Waals surface area contributed by atoms with E-state index in [4.69, 9.17) is 14.2 Å². The Bertz CT molecular complexity index is 1170. The number of nitriles is 1. The molecule has 0 bridgehead atoms. The van der Waals surface area contributed by atoms with Gasteiger partial charge < -0.3 is 14.2 Å². The van der Waals surface area contributed by atoms with Crippen molar-refractivity contribution in [2.45, 2.75) is 16.7 Å². The van der Waals surface area contributed by atoms with Gasteiger partial charge in [0.25, 0.3) is 0 Å². The van der Waals surface area contributed by atoms with Crippen LogP contribution in [0.3, 0.4) is 0 Å². The lowest BCUT2D eigenvalue weighted by atomic mass is 9.92. The van der Waals surface area contributed by atoms with E-state index < -0.39 is 24.5 Å². The molecule has 1 aliphatic rings. The minimum Gasteiger partial charge on any atom is -0.465 e. The summed E-state index contributed by atoms with van der Waals surface area (Å²) in [6.45, 7) is 4.33. The van der Waals surface area contributed by atoms with Crippen LogP contribution in [0.2, 0.25) is 0 Å². The molecule has 2 aromatic rings. The summed E-state index contributed by atoms with van der Waals surface area (Å²) in [5.74, 6) is -2.07. The number of carbonyl (C=O) groups is 3. The van der Waals surface area contributed by atoms with Gasteiger partial charge in [0.15, 0.2) is 6.61 Å². The molecule has 0 spiro atoms. The minimum absolute atomic E-state index is 0.157. The summed E-state index contributed by atoms with van der Waals surface area (Å²) in [6.07, 6.45) is 0. The van der Waals surface area contributed by atoms with Gasteiger partial charge in [0.2, 0.25) is 0 Å². The van der Waals surface area contributed by atoms with Crippen molar-refractivity contribution in [3.63, 3.8) is 0 Å². The first-order valence-corrected chi connectivity index (χ1v) is 9.85. The largest absolute Gasteiger partial charge is 0.465 e. The standard InChI is InChI=1S/C23H17NO6S/c1-13(2)22(26)29-12-20(25)30-14-8-9-19-16(10-14)21(17(11-24)23(27)28-3)15-6-4-5-7-18(15)31-19/h4-10H,1,12H2,2-3H3/b21-17-. The Morgan fingerprint density at radius 1 is 1.06 bits per heavy atom. The zero-order chi connectivity index (χ0) is 22.5. The molecule has 8 heteroatoms. The Balaban J connectivity index is 2.00. The van der Waals surface area contributed by atoms with Crippen molar-refractivity contribution in [1.82, 2.24) is 0 Å². The third kappa shape index (κ3) is 4.68. The fourth-order valence-electron chi connectivity index (χ4n) is 2.87. The third-order valence-electron chi connectivity index (χ3n) is 4.25. The van der Waals surface area contributed by atoms with Crippen LogP contribution in [-0.2, 0) is 23.9 Å². The molecule has 0 unspecified atom stereocenters. The maximum Gasteiger partial charge on any atom is 0.349 e. The summed E-state index contributed by atoms with van der Waals surface area (Å²) in [7, 11) is 1.20. The van der Waals surface area contributed by atoms with E-state index in [9.17, 15) is 19.6 Å². The van der Waals surface area contributed by atoms with Gasteiger partial charge in [-0.1, -0.05) is 36.5 Å². The van der Waals surface area contributed by atoms with Gasteiger partial charge in [-0.2, -0.15) is 5.26 Å². The lowest BCUT2D eigenvalue weighted by Gasteiger charge is -2.23. The average molecular weight is 435 g/mol. The monoisotopic (exact) mass is 435 g/mol. The number of hydrogen-bond acceptors (Lipinski definition) is 8. The van der Waals surface area contributed by atoms with Gasteiger partial charge in [0.05, 0.1) is 7.11 Å². The van der Waals surface area contributed by atoms with E-state index >= 15 is 0 Å². The van der Waals surface area contributed by atoms with Crippen LogP contribution in [0.5, 0.6) is 5.75 Å². The minimum atomic E-state index is -0.780. The van der Waals surface area contributed by atoms with Crippen LogP contribution in [0, 0.1) is 11.3 Å². The molecule has 2 aromatic carbocycles. The predicted molar refractivity (Wildman–Crippen MR) is 112 cm³/mol. The third-order valence-corrected chi connectivity index (χ3v) is 5.40. The second kappa shape index (κ2) is 9.32. The number of methoxy groups -OCH3 is 1. The van der Waals surface area contributed by atoms with Crippen molar-refractivity contribution in [1.29, 1.82) is 5.26 Å². The second-order valence-electron chi connectivity index (χ2n) is 6.44. The summed E-state index contributed by atoms with van der Waals surface area (Å²) < 4.78 is 14.8. The van der Waals surface area contributed by atoms with Crippen molar-refractivity contribution in [2.24, 2.45) is 0 Å². The highest BCUT2D eigenvalue weighted by molar-refractivity contribution is 7.99. The smallest absolute Gasteiger partial charge is 0.349 e. The van der Waals surface area contributed by atoms with Crippen molar-refractivity contribution in [3.8, 4) is 11.8 Å². The molecular formula is C23H17NO6S. The zero-order valence-electron chi connectivity index (χ0n) is 16.8. The highest BCUT2D eigenvalue weighted by Crippen LogP contribution is 2.47. The molecular weight excluding hydrogens is 418 g/mol. The van der Waals surface area contributed by atoms with Gasteiger partial charge in [-0.05, 0) is 36.8 Å². The van der Waals surface area contributed by atoms with Gasteiger partial charge in [-0.3, -0.25) is 0 Å². The van der Waals surface area contributed by atoms with Crippen molar-refractivity contribution in [3.05, 3.63) is 71.3 Å². The van der Waals surface area contributed by atoms with E-state index in [-0.39, 0.29) is 16.9 Å². The van der Waals surface area contributed by atoms with Gasteiger partial charge >= 0.3 is 17.9 Å². The SMILES string of the molecule is C=C(C)C(=O)OCC(=O)Oc1ccc2c(c1)/C(=C(/C#N)C(=O)OC)c1ccccc1S2. The molecule has 31 heavy (non-hydrogen) atoms. The topological polar surface area (TPSA) is 103 Å².